The molecule has 1 aliphatic rings. The van der Waals surface area contributed by atoms with E-state index < -0.39 is 0 Å². The van der Waals surface area contributed by atoms with Crippen LogP contribution in [0.4, 0.5) is 0 Å². The van der Waals surface area contributed by atoms with Crippen LogP contribution in [-0.2, 0) is 0 Å². The molecule has 0 amide bonds. The molecule has 0 aliphatic heterocycles. The highest BCUT2D eigenvalue weighted by atomic mass is 15.3. The standard InChI is InChI=1S/C16H31N5/c1-13(2)21-11-14(10-18-21)15(9-17)20(5)12-16(19(3)4)7-6-8-16/h10-11,13,15H,6-9,12,17H2,1-5H3. The first-order valence-electron chi connectivity index (χ1n) is 8.01. The molecular weight excluding hydrogens is 262 g/mol. The van der Waals surface area contributed by atoms with Gasteiger partial charge in [0.15, 0.2) is 0 Å². The Hall–Kier alpha value is -0.910. The van der Waals surface area contributed by atoms with Crippen LogP contribution in [0.15, 0.2) is 12.4 Å². The van der Waals surface area contributed by atoms with Crippen molar-refractivity contribution in [1.82, 2.24) is 19.6 Å². The third-order valence-corrected chi connectivity index (χ3v) is 5.07. The predicted octanol–water partition coefficient (Wildman–Crippen LogP) is 1.88. The molecule has 0 aromatic carbocycles. The molecule has 120 valence electrons. The van der Waals surface area contributed by atoms with Gasteiger partial charge < -0.3 is 10.6 Å². The maximum absolute atomic E-state index is 6.05. The minimum atomic E-state index is 0.245. The van der Waals surface area contributed by atoms with Crippen molar-refractivity contribution in [1.29, 1.82) is 0 Å². The van der Waals surface area contributed by atoms with Gasteiger partial charge >= 0.3 is 0 Å². The number of aromatic nitrogens is 2. The Morgan fingerprint density at radius 3 is 2.38 bits per heavy atom. The van der Waals surface area contributed by atoms with E-state index in [0.29, 0.717) is 18.1 Å². The number of nitrogens with zero attached hydrogens (tertiary/aromatic N) is 4. The number of hydrogen-bond donors (Lipinski definition) is 1. The highest BCUT2D eigenvalue weighted by Gasteiger charge is 2.40. The number of rotatable bonds is 7. The number of hydrogen-bond acceptors (Lipinski definition) is 4. The predicted molar refractivity (Wildman–Crippen MR) is 87.3 cm³/mol. The van der Waals surface area contributed by atoms with Crippen LogP contribution in [0.1, 0.15) is 50.8 Å². The summed E-state index contributed by atoms with van der Waals surface area (Å²) in [5, 5.41) is 4.46. The van der Waals surface area contributed by atoms with Crippen molar-refractivity contribution in [3.05, 3.63) is 18.0 Å². The molecule has 1 aromatic rings. The summed E-state index contributed by atoms with van der Waals surface area (Å²) in [6, 6.07) is 0.636. The summed E-state index contributed by atoms with van der Waals surface area (Å²) in [7, 11) is 6.58. The fraction of sp³-hybridized carbons (Fsp3) is 0.812. The molecule has 5 nitrogen and oxygen atoms in total. The van der Waals surface area contributed by atoms with E-state index in [2.05, 4.69) is 56.1 Å². The van der Waals surface area contributed by atoms with Gasteiger partial charge in [-0.2, -0.15) is 5.10 Å². The summed E-state index contributed by atoms with van der Waals surface area (Å²) < 4.78 is 2.01. The highest BCUT2D eigenvalue weighted by molar-refractivity contribution is 5.12. The SMILES string of the molecule is CC(C)n1cc(C(CN)N(C)CC2(N(C)C)CCC2)cn1. The van der Waals surface area contributed by atoms with Crippen LogP contribution >= 0.6 is 0 Å². The lowest BCUT2D eigenvalue weighted by Gasteiger charge is -2.50. The summed E-state index contributed by atoms with van der Waals surface area (Å²) in [6.07, 6.45) is 8.02. The van der Waals surface area contributed by atoms with Crippen molar-refractivity contribution in [3.8, 4) is 0 Å². The highest BCUT2D eigenvalue weighted by Crippen LogP contribution is 2.38. The van der Waals surface area contributed by atoms with Crippen LogP contribution in [0.3, 0.4) is 0 Å². The van der Waals surface area contributed by atoms with Gasteiger partial charge in [-0.15, -0.1) is 0 Å². The van der Waals surface area contributed by atoms with Crippen molar-refractivity contribution in [3.63, 3.8) is 0 Å². The third kappa shape index (κ3) is 3.30. The van der Waals surface area contributed by atoms with E-state index in [1.54, 1.807) is 0 Å². The fourth-order valence-corrected chi connectivity index (χ4v) is 3.28. The largest absolute Gasteiger partial charge is 0.329 e. The molecule has 1 saturated carbocycles. The second-order valence-electron chi connectivity index (χ2n) is 6.99. The zero-order chi connectivity index (χ0) is 15.6. The summed E-state index contributed by atoms with van der Waals surface area (Å²) in [4.78, 5) is 4.79. The van der Waals surface area contributed by atoms with Crippen molar-refractivity contribution >= 4 is 0 Å². The molecule has 1 aromatic heterocycles. The number of nitrogens with two attached hydrogens (primary N) is 1. The summed E-state index contributed by atoms with van der Waals surface area (Å²) in [6.45, 7) is 5.99. The normalized spacial score (nSPS) is 19.3. The molecule has 2 rings (SSSR count). The molecular formula is C16H31N5. The van der Waals surface area contributed by atoms with E-state index in [1.165, 1.54) is 24.8 Å². The van der Waals surface area contributed by atoms with E-state index >= 15 is 0 Å². The van der Waals surface area contributed by atoms with Crippen LogP contribution in [0, 0.1) is 0 Å². The first-order chi connectivity index (χ1) is 9.89. The lowest BCUT2D eigenvalue weighted by molar-refractivity contribution is 0.0168. The Bertz CT molecular complexity index is 447. The molecule has 0 saturated heterocycles. The van der Waals surface area contributed by atoms with Crippen LogP contribution in [0.5, 0.6) is 0 Å². The quantitative estimate of drug-likeness (QED) is 0.834. The fourth-order valence-electron chi connectivity index (χ4n) is 3.28. The molecule has 0 bridgehead atoms. The minimum absolute atomic E-state index is 0.245. The zero-order valence-electron chi connectivity index (χ0n) is 14.2. The van der Waals surface area contributed by atoms with E-state index in [4.69, 9.17) is 5.73 Å². The lowest BCUT2D eigenvalue weighted by Crippen LogP contribution is -2.57. The molecule has 1 atom stereocenters. The summed E-state index contributed by atoms with van der Waals surface area (Å²) in [5.41, 5.74) is 7.61. The van der Waals surface area contributed by atoms with Crippen molar-refractivity contribution < 1.29 is 0 Å². The lowest BCUT2D eigenvalue weighted by atomic mass is 9.75. The smallest absolute Gasteiger partial charge is 0.0538 e. The molecule has 0 radical (unpaired) electrons. The first-order valence-corrected chi connectivity index (χ1v) is 8.01. The van der Waals surface area contributed by atoms with Crippen LogP contribution in [-0.4, -0.2) is 59.4 Å². The van der Waals surface area contributed by atoms with Crippen molar-refractivity contribution in [2.75, 3.05) is 34.2 Å². The van der Waals surface area contributed by atoms with E-state index in [0.717, 1.165) is 6.54 Å². The van der Waals surface area contributed by atoms with Crippen LogP contribution < -0.4 is 5.73 Å². The molecule has 1 aliphatic carbocycles. The topological polar surface area (TPSA) is 50.3 Å². The van der Waals surface area contributed by atoms with E-state index in [9.17, 15) is 0 Å². The van der Waals surface area contributed by atoms with Gasteiger partial charge in [0.2, 0.25) is 0 Å². The number of likely N-dealkylation sites (N-methyl/N-ethyl adjacent to an activating group) is 2. The minimum Gasteiger partial charge on any atom is -0.329 e. The molecule has 1 unspecified atom stereocenters. The summed E-state index contributed by atoms with van der Waals surface area (Å²) in [5.74, 6) is 0. The van der Waals surface area contributed by atoms with Crippen molar-refractivity contribution in [2.24, 2.45) is 5.73 Å². The average molecular weight is 293 g/mol. The second kappa shape index (κ2) is 6.46. The molecule has 1 fully saturated rings. The Balaban J connectivity index is 2.09. The third-order valence-electron chi connectivity index (χ3n) is 5.07. The maximum atomic E-state index is 6.05. The van der Waals surface area contributed by atoms with Gasteiger partial charge in [0.05, 0.1) is 6.20 Å². The van der Waals surface area contributed by atoms with Gasteiger partial charge in [-0.25, -0.2) is 0 Å². The maximum Gasteiger partial charge on any atom is 0.0538 e. The molecule has 21 heavy (non-hydrogen) atoms. The van der Waals surface area contributed by atoms with Gasteiger partial charge in [0.1, 0.15) is 0 Å². The molecule has 1 heterocycles. The van der Waals surface area contributed by atoms with Gasteiger partial charge in [0, 0.05) is 42.5 Å². The summed E-state index contributed by atoms with van der Waals surface area (Å²) >= 11 is 0. The second-order valence-corrected chi connectivity index (χ2v) is 6.99. The van der Waals surface area contributed by atoms with Gasteiger partial charge in [-0.05, 0) is 54.3 Å². The zero-order valence-corrected chi connectivity index (χ0v) is 14.2. The van der Waals surface area contributed by atoms with Crippen molar-refractivity contribution in [2.45, 2.75) is 50.7 Å². The Morgan fingerprint density at radius 1 is 1.33 bits per heavy atom. The first kappa shape index (κ1) is 16.5. The molecule has 5 heteroatoms. The Morgan fingerprint density at radius 2 is 2.00 bits per heavy atom. The monoisotopic (exact) mass is 293 g/mol. The van der Waals surface area contributed by atoms with E-state index in [-0.39, 0.29) is 6.04 Å². The average Bonchev–Trinajstić information content (AvgIpc) is 2.84. The molecule has 2 N–H and O–H groups in total. The van der Waals surface area contributed by atoms with Crippen LogP contribution in [0.2, 0.25) is 0 Å². The van der Waals surface area contributed by atoms with E-state index in [1.807, 2.05) is 10.9 Å². The van der Waals surface area contributed by atoms with Gasteiger partial charge in [0.25, 0.3) is 0 Å². The van der Waals surface area contributed by atoms with Gasteiger partial charge in [-0.1, -0.05) is 0 Å². The van der Waals surface area contributed by atoms with Gasteiger partial charge in [-0.3, -0.25) is 9.58 Å². The Labute approximate surface area is 129 Å². The molecule has 0 spiro atoms. The Kier molecular flexibility index (Phi) is 5.07. The van der Waals surface area contributed by atoms with Crippen LogP contribution in [0.25, 0.3) is 0 Å².